The van der Waals surface area contributed by atoms with Crippen LogP contribution in [0.1, 0.15) is 15.9 Å². The number of anilines is 3. The van der Waals surface area contributed by atoms with E-state index in [1.54, 1.807) is 49.4 Å². The highest BCUT2D eigenvalue weighted by molar-refractivity contribution is 7.93. The summed E-state index contributed by atoms with van der Waals surface area (Å²) < 4.78 is 74.9. The van der Waals surface area contributed by atoms with Gasteiger partial charge < -0.3 is 10.1 Å². The van der Waals surface area contributed by atoms with Gasteiger partial charge in [-0.2, -0.15) is 0 Å². The summed E-state index contributed by atoms with van der Waals surface area (Å²) in [5.41, 5.74) is 0.926. The van der Waals surface area contributed by atoms with Gasteiger partial charge in [0.1, 0.15) is 11.6 Å². The summed E-state index contributed by atoms with van der Waals surface area (Å²) in [4.78, 5) is 12.9. The smallest absolute Gasteiger partial charge is 0.262 e. The third kappa shape index (κ3) is 6.54. The zero-order valence-corrected chi connectivity index (χ0v) is 22.4. The van der Waals surface area contributed by atoms with Crippen molar-refractivity contribution in [2.45, 2.75) is 16.7 Å². The molecule has 0 aliphatic carbocycles. The minimum absolute atomic E-state index is 0.00970. The van der Waals surface area contributed by atoms with Gasteiger partial charge in [-0.1, -0.05) is 18.2 Å². The third-order valence-electron chi connectivity index (χ3n) is 5.62. The summed E-state index contributed by atoms with van der Waals surface area (Å²) in [6.07, 6.45) is 0. The number of ether oxygens (including phenoxy) is 1. The Bertz CT molecular complexity index is 1720. The van der Waals surface area contributed by atoms with E-state index in [-0.39, 0.29) is 26.7 Å². The molecule has 0 saturated heterocycles. The number of para-hydroxylation sites is 1. The molecule has 4 aromatic rings. The molecule has 9 nitrogen and oxygen atoms in total. The maximum Gasteiger partial charge on any atom is 0.262 e. The van der Waals surface area contributed by atoms with Gasteiger partial charge in [-0.25, -0.2) is 21.2 Å². The first-order valence-electron chi connectivity index (χ1n) is 11.4. The average molecular weight is 570 g/mol. The van der Waals surface area contributed by atoms with E-state index in [4.69, 9.17) is 4.74 Å². The van der Waals surface area contributed by atoms with Crippen LogP contribution in [-0.4, -0.2) is 29.9 Å². The molecule has 0 aromatic heterocycles. The molecule has 0 bridgehead atoms. The monoisotopic (exact) mass is 569 g/mol. The van der Waals surface area contributed by atoms with E-state index in [0.29, 0.717) is 17.0 Å². The predicted octanol–water partition coefficient (Wildman–Crippen LogP) is 5.00. The Balaban J connectivity index is 1.57. The van der Waals surface area contributed by atoms with Gasteiger partial charge in [0.15, 0.2) is 0 Å². The minimum atomic E-state index is -4.12. The summed E-state index contributed by atoms with van der Waals surface area (Å²) in [6.45, 7) is 1.62. The number of methoxy groups -OCH3 is 1. The lowest BCUT2D eigenvalue weighted by Crippen LogP contribution is -2.19. The summed E-state index contributed by atoms with van der Waals surface area (Å²) >= 11 is 0. The zero-order valence-electron chi connectivity index (χ0n) is 20.8. The first-order chi connectivity index (χ1) is 18.5. The molecule has 0 saturated carbocycles. The number of sulfonamides is 2. The lowest BCUT2D eigenvalue weighted by Gasteiger charge is -2.15. The molecule has 0 heterocycles. The Labute approximate surface area is 225 Å². The highest BCUT2D eigenvalue weighted by Crippen LogP contribution is 2.26. The van der Waals surface area contributed by atoms with Crippen molar-refractivity contribution in [1.82, 2.24) is 0 Å². The Morgan fingerprint density at radius 2 is 1.41 bits per heavy atom. The zero-order chi connectivity index (χ0) is 28.2. The fraction of sp³-hybridized carbons (Fsp3) is 0.0741. The van der Waals surface area contributed by atoms with Gasteiger partial charge >= 0.3 is 0 Å². The Hall–Kier alpha value is -4.42. The van der Waals surface area contributed by atoms with E-state index in [1.165, 1.54) is 31.4 Å². The highest BCUT2D eigenvalue weighted by Gasteiger charge is 2.21. The number of aryl methyl sites for hydroxylation is 1. The van der Waals surface area contributed by atoms with Crippen molar-refractivity contribution >= 4 is 43.0 Å². The number of amides is 1. The van der Waals surface area contributed by atoms with Gasteiger partial charge in [-0.3, -0.25) is 14.2 Å². The van der Waals surface area contributed by atoms with Gasteiger partial charge in [-0.05, 0) is 85.3 Å². The summed E-state index contributed by atoms with van der Waals surface area (Å²) in [5, 5.41) is 2.62. The summed E-state index contributed by atoms with van der Waals surface area (Å²) in [7, 11) is -6.63. The van der Waals surface area contributed by atoms with E-state index >= 15 is 0 Å². The average Bonchev–Trinajstić information content (AvgIpc) is 2.90. The molecule has 3 N–H and O–H groups in total. The molecule has 4 rings (SSSR count). The largest absolute Gasteiger partial charge is 0.497 e. The van der Waals surface area contributed by atoms with Crippen molar-refractivity contribution < 1.29 is 30.8 Å². The van der Waals surface area contributed by atoms with Crippen molar-refractivity contribution in [3.05, 3.63) is 108 Å². The fourth-order valence-corrected chi connectivity index (χ4v) is 6.03. The van der Waals surface area contributed by atoms with Crippen molar-refractivity contribution in [2.75, 3.05) is 21.9 Å². The molecular weight excluding hydrogens is 545 g/mol. The van der Waals surface area contributed by atoms with E-state index in [0.717, 1.165) is 24.3 Å². The van der Waals surface area contributed by atoms with Crippen LogP contribution >= 0.6 is 0 Å². The molecule has 0 spiro atoms. The molecule has 202 valence electrons. The van der Waals surface area contributed by atoms with Gasteiger partial charge in [0.05, 0.1) is 28.2 Å². The third-order valence-corrected chi connectivity index (χ3v) is 8.52. The number of hydrogen-bond donors (Lipinski definition) is 3. The lowest BCUT2D eigenvalue weighted by atomic mass is 10.1. The molecule has 0 aliphatic rings. The standard InChI is InChI=1S/C27H24FN3O6S2/c1-18-7-10-21(17-26(18)39(35,36)30-20-11-13-22(37-2)14-12-20)29-27(32)24-5-3-4-6-25(24)31-38(33,34)23-15-8-19(28)9-16-23/h3-17,30-31H,1-2H3,(H,29,32). The van der Waals surface area contributed by atoms with Crippen LogP contribution in [-0.2, 0) is 20.0 Å². The van der Waals surface area contributed by atoms with Crippen LogP contribution in [0.15, 0.2) is 101 Å². The number of carbonyl (C=O) groups excluding carboxylic acids is 1. The molecule has 0 radical (unpaired) electrons. The Kier molecular flexibility index (Phi) is 7.88. The normalized spacial score (nSPS) is 11.5. The molecule has 12 heteroatoms. The van der Waals surface area contributed by atoms with E-state index < -0.39 is 31.8 Å². The van der Waals surface area contributed by atoms with Gasteiger partial charge in [0.25, 0.3) is 26.0 Å². The molecule has 4 aromatic carbocycles. The van der Waals surface area contributed by atoms with Crippen molar-refractivity contribution in [3.63, 3.8) is 0 Å². The van der Waals surface area contributed by atoms with Crippen molar-refractivity contribution in [2.24, 2.45) is 0 Å². The molecule has 0 aliphatic heterocycles. The minimum Gasteiger partial charge on any atom is -0.497 e. The van der Waals surface area contributed by atoms with E-state index in [2.05, 4.69) is 14.8 Å². The van der Waals surface area contributed by atoms with Crippen LogP contribution < -0.4 is 19.5 Å². The number of benzene rings is 4. The number of halogens is 1. The van der Waals surface area contributed by atoms with Crippen molar-refractivity contribution in [3.8, 4) is 5.75 Å². The van der Waals surface area contributed by atoms with E-state index in [1.807, 2.05) is 0 Å². The summed E-state index contributed by atoms with van der Waals surface area (Å²) in [5.74, 6) is -0.700. The molecule has 39 heavy (non-hydrogen) atoms. The molecule has 1 amide bonds. The summed E-state index contributed by atoms with van der Waals surface area (Å²) in [6, 6.07) is 20.9. The number of hydrogen-bond acceptors (Lipinski definition) is 6. The first-order valence-corrected chi connectivity index (χ1v) is 14.4. The quantitative estimate of drug-likeness (QED) is 0.260. The van der Waals surface area contributed by atoms with Crippen molar-refractivity contribution in [1.29, 1.82) is 0 Å². The molecule has 0 unspecified atom stereocenters. The van der Waals surface area contributed by atoms with E-state index in [9.17, 15) is 26.0 Å². The van der Waals surface area contributed by atoms with Crippen LogP contribution in [0.5, 0.6) is 5.75 Å². The number of nitrogens with one attached hydrogen (secondary N) is 3. The predicted molar refractivity (Wildman–Crippen MR) is 147 cm³/mol. The first kappa shape index (κ1) is 27.6. The van der Waals surface area contributed by atoms with Gasteiger partial charge in [0, 0.05) is 11.4 Å². The second-order valence-corrected chi connectivity index (χ2v) is 11.7. The Morgan fingerprint density at radius 3 is 2.08 bits per heavy atom. The van der Waals surface area contributed by atoms with Crippen LogP contribution in [0.4, 0.5) is 21.5 Å². The van der Waals surface area contributed by atoms with Crippen LogP contribution in [0.25, 0.3) is 0 Å². The van der Waals surface area contributed by atoms with Gasteiger partial charge in [-0.15, -0.1) is 0 Å². The Morgan fingerprint density at radius 1 is 0.769 bits per heavy atom. The lowest BCUT2D eigenvalue weighted by molar-refractivity contribution is 0.102. The highest BCUT2D eigenvalue weighted by atomic mass is 32.2. The topological polar surface area (TPSA) is 131 Å². The number of carbonyl (C=O) groups is 1. The van der Waals surface area contributed by atoms with Crippen LogP contribution in [0.3, 0.4) is 0 Å². The maximum atomic E-state index is 13.2. The molecular formula is C27H24FN3O6S2. The molecule has 0 atom stereocenters. The SMILES string of the molecule is COc1ccc(NS(=O)(=O)c2cc(NC(=O)c3ccccc3NS(=O)(=O)c3ccc(F)cc3)ccc2C)cc1. The maximum absolute atomic E-state index is 13.2. The van der Waals surface area contributed by atoms with Gasteiger partial charge in [0.2, 0.25) is 0 Å². The molecule has 0 fully saturated rings. The fourth-order valence-electron chi connectivity index (χ4n) is 3.62. The second-order valence-electron chi connectivity index (χ2n) is 8.37. The van der Waals surface area contributed by atoms with Crippen LogP contribution in [0.2, 0.25) is 0 Å². The van der Waals surface area contributed by atoms with Crippen LogP contribution in [0, 0.1) is 12.7 Å². The second kappa shape index (κ2) is 11.1. The number of rotatable bonds is 9.